The molecule has 0 aromatic carbocycles. The second-order valence-corrected chi connectivity index (χ2v) is 4.71. The number of aromatic nitrogens is 4. The molecule has 7 nitrogen and oxygen atoms in total. The first-order valence-electron chi connectivity index (χ1n) is 5.67. The summed E-state index contributed by atoms with van der Waals surface area (Å²) in [4.78, 5) is 15.9. The molecule has 8 heteroatoms. The topological polar surface area (TPSA) is 79.1 Å². The largest absolute Gasteiger partial charge is 0.458 e. The number of hydrogen-bond donors (Lipinski definition) is 0. The average molecular weight is 282 g/mol. The lowest BCUT2D eigenvalue weighted by Gasteiger charge is -2.03. The van der Waals surface area contributed by atoms with Gasteiger partial charge in [-0.2, -0.15) is 0 Å². The Morgan fingerprint density at radius 1 is 1.47 bits per heavy atom. The molecule has 0 unspecified atom stereocenters. The first-order valence-corrected chi connectivity index (χ1v) is 6.55. The normalized spacial score (nSPS) is 10.6. The van der Waals surface area contributed by atoms with Crippen molar-refractivity contribution in [2.45, 2.75) is 13.5 Å². The quantitative estimate of drug-likeness (QED) is 0.578. The summed E-state index contributed by atoms with van der Waals surface area (Å²) in [7, 11) is 1.55. The molecule has 0 aliphatic rings. The Balaban J connectivity index is 2.03. The van der Waals surface area contributed by atoms with Crippen molar-refractivity contribution in [1.82, 2.24) is 20.0 Å². The molecule has 19 heavy (non-hydrogen) atoms. The van der Waals surface area contributed by atoms with Gasteiger partial charge in [-0.15, -0.1) is 16.4 Å². The van der Waals surface area contributed by atoms with Crippen molar-refractivity contribution in [2.75, 3.05) is 20.3 Å². The summed E-state index contributed by atoms with van der Waals surface area (Å²) in [6, 6.07) is 0. The molecule has 0 aliphatic carbocycles. The SMILES string of the molecule is COCCOC(=O)c1nnn(Cc2nccs2)c1C. The monoisotopic (exact) mass is 282 g/mol. The predicted molar refractivity (Wildman–Crippen MR) is 68.1 cm³/mol. The lowest BCUT2D eigenvalue weighted by Crippen LogP contribution is -2.12. The molecule has 0 spiro atoms. The third-order valence-corrected chi connectivity index (χ3v) is 3.23. The van der Waals surface area contributed by atoms with Gasteiger partial charge < -0.3 is 9.47 Å². The van der Waals surface area contributed by atoms with E-state index < -0.39 is 5.97 Å². The van der Waals surface area contributed by atoms with Gasteiger partial charge in [0.25, 0.3) is 0 Å². The van der Waals surface area contributed by atoms with Crippen LogP contribution in [0.4, 0.5) is 0 Å². The van der Waals surface area contributed by atoms with Gasteiger partial charge in [-0.1, -0.05) is 5.21 Å². The Labute approximate surface area is 114 Å². The fraction of sp³-hybridized carbons (Fsp3) is 0.455. The van der Waals surface area contributed by atoms with Gasteiger partial charge in [0.2, 0.25) is 0 Å². The number of esters is 1. The molecule has 0 fully saturated rings. The molecule has 0 bridgehead atoms. The number of hydrogen-bond acceptors (Lipinski definition) is 7. The third kappa shape index (κ3) is 3.36. The molecule has 0 radical (unpaired) electrons. The van der Waals surface area contributed by atoms with Gasteiger partial charge in [0.15, 0.2) is 5.69 Å². The first kappa shape index (κ1) is 13.6. The summed E-state index contributed by atoms with van der Waals surface area (Å²) >= 11 is 1.53. The molecular formula is C11H14N4O3S. The molecule has 0 N–H and O–H groups in total. The van der Waals surface area contributed by atoms with Crippen LogP contribution in [0.2, 0.25) is 0 Å². The van der Waals surface area contributed by atoms with Crippen LogP contribution in [0.3, 0.4) is 0 Å². The molecule has 0 saturated heterocycles. The van der Waals surface area contributed by atoms with Crippen molar-refractivity contribution in [1.29, 1.82) is 0 Å². The van der Waals surface area contributed by atoms with E-state index in [1.54, 1.807) is 24.9 Å². The van der Waals surface area contributed by atoms with Crippen LogP contribution < -0.4 is 0 Å². The van der Waals surface area contributed by atoms with Gasteiger partial charge in [0.05, 0.1) is 18.8 Å². The van der Waals surface area contributed by atoms with E-state index in [0.717, 1.165) is 5.01 Å². The van der Waals surface area contributed by atoms with E-state index in [2.05, 4.69) is 15.3 Å². The predicted octanol–water partition coefficient (Wildman–Crippen LogP) is 0.895. The summed E-state index contributed by atoms with van der Waals surface area (Å²) in [6.45, 7) is 2.84. The zero-order chi connectivity index (χ0) is 13.7. The van der Waals surface area contributed by atoms with Gasteiger partial charge in [-0.05, 0) is 6.92 Å². The lowest BCUT2D eigenvalue weighted by molar-refractivity contribution is 0.0380. The van der Waals surface area contributed by atoms with E-state index in [9.17, 15) is 4.79 Å². The number of methoxy groups -OCH3 is 1. The smallest absolute Gasteiger partial charge is 0.360 e. The second kappa shape index (κ2) is 6.39. The van der Waals surface area contributed by atoms with Crippen molar-refractivity contribution >= 4 is 17.3 Å². The Bertz CT molecular complexity index is 538. The molecule has 0 amide bonds. The summed E-state index contributed by atoms with van der Waals surface area (Å²) in [5.41, 5.74) is 0.894. The maximum Gasteiger partial charge on any atom is 0.360 e. The highest BCUT2D eigenvalue weighted by Gasteiger charge is 2.18. The van der Waals surface area contributed by atoms with E-state index in [-0.39, 0.29) is 12.3 Å². The summed E-state index contributed by atoms with van der Waals surface area (Å²) in [5.74, 6) is -0.486. The number of nitrogens with zero attached hydrogens (tertiary/aromatic N) is 4. The zero-order valence-electron chi connectivity index (χ0n) is 10.7. The van der Waals surface area contributed by atoms with Crippen molar-refractivity contribution in [3.8, 4) is 0 Å². The summed E-state index contributed by atoms with van der Waals surface area (Å²) in [6.07, 6.45) is 1.73. The molecular weight excluding hydrogens is 268 g/mol. The highest BCUT2D eigenvalue weighted by atomic mass is 32.1. The minimum absolute atomic E-state index is 0.202. The average Bonchev–Trinajstić information content (AvgIpc) is 3.02. The standard InChI is InChI=1S/C11H14N4O3S/c1-8-10(11(16)18-5-4-17-2)13-14-15(8)7-9-12-3-6-19-9/h3,6H,4-5,7H2,1-2H3. The van der Waals surface area contributed by atoms with Gasteiger partial charge in [0.1, 0.15) is 11.6 Å². The fourth-order valence-corrected chi connectivity index (χ4v) is 2.04. The van der Waals surface area contributed by atoms with E-state index in [4.69, 9.17) is 9.47 Å². The van der Waals surface area contributed by atoms with Crippen molar-refractivity contribution in [2.24, 2.45) is 0 Å². The van der Waals surface area contributed by atoms with Crippen LogP contribution in [0, 0.1) is 6.92 Å². The van der Waals surface area contributed by atoms with E-state index in [1.807, 2.05) is 5.38 Å². The molecule has 2 aromatic rings. The maximum atomic E-state index is 11.7. The van der Waals surface area contributed by atoms with E-state index >= 15 is 0 Å². The summed E-state index contributed by atoms with van der Waals surface area (Å²) < 4.78 is 11.4. The van der Waals surface area contributed by atoms with Gasteiger partial charge in [0, 0.05) is 18.7 Å². The van der Waals surface area contributed by atoms with E-state index in [1.165, 1.54) is 11.3 Å². The minimum atomic E-state index is -0.486. The lowest BCUT2D eigenvalue weighted by atomic mass is 10.3. The number of thiazole rings is 1. The number of ether oxygens (including phenoxy) is 2. The number of rotatable bonds is 6. The first-order chi connectivity index (χ1) is 9.22. The fourth-order valence-electron chi connectivity index (χ4n) is 1.44. The van der Waals surface area contributed by atoms with Crippen LogP contribution in [-0.2, 0) is 16.0 Å². The van der Waals surface area contributed by atoms with Crippen LogP contribution in [0.5, 0.6) is 0 Å². The second-order valence-electron chi connectivity index (χ2n) is 3.74. The van der Waals surface area contributed by atoms with E-state index in [0.29, 0.717) is 18.8 Å². The third-order valence-electron chi connectivity index (χ3n) is 2.47. The van der Waals surface area contributed by atoms with Crippen molar-refractivity contribution < 1.29 is 14.3 Å². The number of carbonyl (C=O) groups is 1. The Kier molecular flexibility index (Phi) is 4.58. The van der Waals surface area contributed by atoms with Crippen LogP contribution in [0.25, 0.3) is 0 Å². The van der Waals surface area contributed by atoms with Crippen molar-refractivity contribution in [3.63, 3.8) is 0 Å². The zero-order valence-corrected chi connectivity index (χ0v) is 11.5. The Hall–Kier alpha value is -1.80. The minimum Gasteiger partial charge on any atom is -0.458 e. The molecule has 2 heterocycles. The van der Waals surface area contributed by atoms with Crippen molar-refractivity contribution in [3.05, 3.63) is 28.0 Å². The highest BCUT2D eigenvalue weighted by molar-refractivity contribution is 7.09. The summed E-state index contributed by atoms with van der Waals surface area (Å²) in [5, 5.41) is 10.6. The van der Waals surface area contributed by atoms with Crippen LogP contribution >= 0.6 is 11.3 Å². The number of carbonyl (C=O) groups excluding carboxylic acids is 1. The van der Waals surface area contributed by atoms with Gasteiger partial charge in [-0.25, -0.2) is 14.5 Å². The molecule has 2 aromatic heterocycles. The van der Waals surface area contributed by atoms with Gasteiger partial charge in [-0.3, -0.25) is 0 Å². The van der Waals surface area contributed by atoms with Gasteiger partial charge >= 0.3 is 5.97 Å². The molecule has 0 saturated carbocycles. The molecule has 102 valence electrons. The molecule has 2 rings (SSSR count). The Morgan fingerprint density at radius 2 is 2.32 bits per heavy atom. The molecule has 0 aliphatic heterocycles. The van der Waals surface area contributed by atoms with Crippen LogP contribution in [0.1, 0.15) is 21.2 Å². The Morgan fingerprint density at radius 3 is 3.00 bits per heavy atom. The maximum absolute atomic E-state index is 11.7. The molecule has 0 atom stereocenters. The van der Waals surface area contributed by atoms with Crippen LogP contribution in [-0.4, -0.2) is 46.3 Å². The van der Waals surface area contributed by atoms with Crippen LogP contribution in [0.15, 0.2) is 11.6 Å². The highest BCUT2D eigenvalue weighted by Crippen LogP contribution is 2.10.